The number of quaternary nitrogens is 1. The zero-order valence-corrected chi connectivity index (χ0v) is 15.2. The van der Waals surface area contributed by atoms with E-state index in [-0.39, 0.29) is 0 Å². The number of aryl methyl sites for hydroxylation is 1. The van der Waals surface area contributed by atoms with E-state index >= 15 is 0 Å². The molecule has 3 aromatic rings. The SMILES string of the molecule is Cc1nc(NCC[NH+]2CCOCC2)c2cc(-c3ccccc3)sc2n1. The number of fused-ring (bicyclic) bond motifs is 1. The minimum Gasteiger partial charge on any atom is -0.370 e. The fraction of sp³-hybridized carbons (Fsp3) is 0.368. The van der Waals surface area contributed by atoms with E-state index in [1.165, 1.54) is 10.4 Å². The molecular formula is C19H23N4OS+. The minimum absolute atomic E-state index is 0.815. The predicted octanol–water partition coefficient (Wildman–Crippen LogP) is 1.99. The van der Waals surface area contributed by atoms with Gasteiger partial charge in [-0.2, -0.15) is 0 Å². The van der Waals surface area contributed by atoms with Gasteiger partial charge < -0.3 is 15.0 Å². The maximum atomic E-state index is 5.42. The molecule has 1 aromatic carbocycles. The largest absolute Gasteiger partial charge is 0.370 e. The Labute approximate surface area is 151 Å². The van der Waals surface area contributed by atoms with E-state index in [2.05, 4.69) is 45.6 Å². The van der Waals surface area contributed by atoms with Gasteiger partial charge in [-0.1, -0.05) is 30.3 Å². The van der Waals surface area contributed by atoms with Crippen molar-refractivity contribution in [3.8, 4) is 10.4 Å². The van der Waals surface area contributed by atoms with E-state index in [0.717, 1.165) is 61.3 Å². The Kier molecular flexibility index (Phi) is 4.92. The maximum Gasteiger partial charge on any atom is 0.138 e. The Balaban J connectivity index is 1.54. The molecule has 0 saturated carbocycles. The standard InChI is InChI=1S/C19H22N4OS/c1-14-21-18(20-7-8-23-9-11-24-12-10-23)16-13-17(25-19(16)22-14)15-5-3-2-4-6-15/h2-6,13H,7-12H2,1H3,(H,20,21,22)/p+1. The molecule has 0 aliphatic carbocycles. The fourth-order valence-electron chi connectivity index (χ4n) is 3.18. The van der Waals surface area contributed by atoms with Crippen LogP contribution in [0.3, 0.4) is 0 Å². The number of thiophene rings is 1. The molecule has 2 N–H and O–H groups in total. The zero-order chi connectivity index (χ0) is 17.1. The summed E-state index contributed by atoms with van der Waals surface area (Å²) < 4.78 is 5.42. The van der Waals surface area contributed by atoms with Crippen molar-refractivity contribution in [3.05, 3.63) is 42.2 Å². The molecule has 1 saturated heterocycles. The van der Waals surface area contributed by atoms with Crippen LogP contribution in [0.2, 0.25) is 0 Å². The molecule has 6 heteroatoms. The second kappa shape index (κ2) is 7.47. The molecule has 0 spiro atoms. The number of aromatic nitrogens is 2. The van der Waals surface area contributed by atoms with Gasteiger partial charge in [0.25, 0.3) is 0 Å². The third-order valence-electron chi connectivity index (χ3n) is 4.53. The summed E-state index contributed by atoms with van der Waals surface area (Å²) in [5, 5.41) is 4.65. The van der Waals surface area contributed by atoms with Crippen LogP contribution in [0, 0.1) is 6.92 Å². The molecule has 0 atom stereocenters. The molecule has 1 aliphatic rings. The quantitative estimate of drug-likeness (QED) is 0.735. The second-order valence-corrected chi connectivity index (χ2v) is 7.38. The number of morpholine rings is 1. The zero-order valence-electron chi connectivity index (χ0n) is 14.4. The highest BCUT2D eigenvalue weighted by Crippen LogP contribution is 2.35. The highest BCUT2D eigenvalue weighted by Gasteiger charge is 2.15. The van der Waals surface area contributed by atoms with Crippen molar-refractivity contribution < 1.29 is 9.64 Å². The van der Waals surface area contributed by atoms with Gasteiger partial charge in [0.1, 0.15) is 29.6 Å². The number of ether oxygens (including phenoxy) is 1. The van der Waals surface area contributed by atoms with Crippen LogP contribution in [-0.2, 0) is 4.74 Å². The lowest BCUT2D eigenvalue weighted by molar-refractivity contribution is -0.906. The summed E-state index contributed by atoms with van der Waals surface area (Å²) in [6.07, 6.45) is 0. The van der Waals surface area contributed by atoms with Crippen LogP contribution in [0.5, 0.6) is 0 Å². The number of benzene rings is 1. The van der Waals surface area contributed by atoms with Crippen LogP contribution >= 0.6 is 11.3 Å². The first-order valence-electron chi connectivity index (χ1n) is 8.78. The highest BCUT2D eigenvalue weighted by atomic mass is 32.1. The van der Waals surface area contributed by atoms with Gasteiger partial charge >= 0.3 is 0 Å². The number of hydrogen-bond donors (Lipinski definition) is 2. The molecule has 1 fully saturated rings. The molecule has 5 nitrogen and oxygen atoms in total. The summed E-state index contributed by atoms with van der Waals surface area (Å²) in [6, 6.07) is 12.7. The summed E-state index contributed by atoms with van der Waals surface area (Å²) in [4.78, 5) is 13.1. The van der Waals surface area contributed by atoms with Crippen molar-refractivity contribution in [2.45, 2.75) is 6.92 Å². The topological polar surface area (TPSA) is 51.5 Å². The van der Waals surface area contributed by atoms with Crippen molar-refractivity contribution in [3.63, 3.8) is 0 Å². The number of anilines is 1. The van der Waals surface area contributed by atoms with Crippen molar-refractivity contribution in [1.29, 1.82) is 0 Å². The number of hydrogen-bond acceptors (Lipinski definition) is 5. The van der Waals surface area contributed by atoms with Crippen molar-refractivity contribution >= 4 is 27.4 Å². The molecule has 0 amide bonds. The van der Waals surface area contributed by atoms with E-state index < -0.39 is 0 Å². The molecule has 3 heterocycles. The minimum atomic E-state index is 0.815. The van der Waals surface area contributed by atoms with E-state index in [9.17, 15) is 0 Å². The molecule has 25 heavy (non-hydrogen) atoms. The molecular weight excluding hydrogens is 332 g/mol. The van der Waals surface area contributed by atoms with Crippen LogP contribution in [-0.4, -0.2) is 49.4 Å². The van der Waals surface area contributed by atoms with Gasteiger partial charge in [0, 0.05) is 4.88 Å². The van der Waals surface area contributed by atoms with E-state index in [0.29, 0.717) is 0 Å². The number of nitrogens with one attached hydrogen (secondary N) is 2. The summed E-state index contributed by atoms with van der Waals surface area (Å²) in [7, 11) is 0. The Morgan fingerprint density at radius 3 is 2.76 bits per heavy atom. The van der Waals surface area contributed by atoms with Gasteiger partial charge in [0.2, 0.25) is 0 Å². The van der Waals surface area contributed by atoms with Crippen LogP contribution in [0.1, 0.15) is 5.82 Å². The van der Waals surface area contributed by atoms with E-state index in [4.69, 9.17) is 4.74 Å². The Morgan fingerprint density at radius 1 is 1.16 bits per heavy atom. The average Bonchev–Trinajstić information content (AvgIpc) is 3.07. The van der Waals surface area contributed by atoms with Gasteiger partial charge in [-0.25, -0.2) is 9.97 Å². The average molecular weight is 355 g/mol. The van der Waals surface area contributed by atoms with E-state index in [1.807, 2.05) is 13.0 Å². The molecule has 1 aliphatic heterocycles. The lowest BCUT2D eigenvalue weighted by Gasteiger charge is -2.23. The van der Waals surface area contributed by atoms with Crippen LogP contribution in [0.4, 0.5) is 5.82 Å². The Morgan fingerprint density at radius 2 is 1.96 bits per heavy atom. The smallest absolute Gasteiger partial charge is 0.138 e. The normalized spacial score (nSPS) is 15.6. The van der Waals surface area contributed by atoms with Crippen molar-refractivity contribution in [2.75, 3.05) is 44.7 Å². The van der Waals surface area contributed by atoms with Gasteiger partial charge in [-0.15, -0.1) is 11.3 Å². The first kappa shape index (κ1) is 16.4. The monoisotopic (exact) mass is 355 g/mol. The third-order valence-corrected chi connectivity index (χ3v) is 5.61. The molecule has 0 unspecified atom stereocenters. The molecule has 0 radical (unpaired) electrons. The van der Waals surface area contributed by atoms with Crippen LogP contribution in [0.15, 0.2) is 36.4 Å². The first-order valence-corrected chi connectivity index (χ1v) is 9.60. The molecule has 130 valence electrons. The lowest BCUT2D eigenvalue weighted by atomic mass is 10.2. The van der Waals surface area contributed by atoms with Gasteiger partial charge in [-0.05, 0) is 18.6 Å². The third kappa shape index (κ3) is 3.81. The van der Waals surface area contributed by atoms with E-state index in [1.54, 1.807) is 16.2 Å². The number of nitrogens with zero attached hydrogens (tertiary/aromatic N) is 2. The van der Waals surface area contributed by atoms with Crippen molar-refractivity contribution in [2.24, 2.45) is 0 Å². The highest BCUT2D eigenvalue weighted by molar-refractivity contribution is 7.21. The maximum absolute atomic E-state index is 5.42. The van der Waals surface area contributed by atoms with Crippen LogP contribution in [0.25, 0.3) is 20.7 Å². The predicted molar refractivity (Wildman–Crippen MR) is 102 cm³/mol. The number of rotatable bonds is 5. The lowest BCUT2D eigenvalue weighted by Crippen LogP contribution is -3.14. The molecule has 4 rings (SSSR count). The summed E-state index contributed by atoms with van der Waals surface area (Å²) in [6.45, 7) is 7.89. The second-order valence-electron chi connectivity index (χ2n) is 6.35. The fourth-order valence-corrected chi connectivity index (χ4v) is 4.26. The summed E-state index contributed by atoms with van der Waals surface area (Å²) >= 11 is 1.73. The first-order chi connectivity index (χ1) is 12.3. The van der Waals surface area contributed by atoms with Crippen molar-refractivity contribution in [1.82, 2.24) is 9.97 Å². The summed E-state index contributed by atoms with van der Waals surface area (Å²) in [5.41, 5.74) is 1.23. The Hall–Kier alpha value is -2.02. The molecule has 0 bridgehead atoms. The molecule has 2 aromatic heterocycles. The Bertz CT molecular complexity index is 843. The van der Waals surface area contributed by atoms with Crippen LogP contribution < -0.4 is 10.2 Å². The van der Waals surface area contributed by atoms with Gasteiger partial charge in [-0.3, -0.25) is 0 Å². The summed E-state index contributed by atoms with van der Waals surface area (Å²) in [5.74, 6) is 1.77. The van der Waals surface area contributed by atoms with Gasteiger partial charge in [0.15, 0.2) is 0 Å². The van der Waals surface area contributed by atoms with Gasteiger partial charge in [0.05, 0.1) is 31.7 Å².